The lowest BCUT2D eigenvalue weighted by molar-refractivity contribution is 0.253. The Morgan fingerprint density at radius 1 is 1.53 bits per heavy atom. The second-order valence-electron chi connectivity index (χ2n) is 2.62. The zero-order valence-electron chi connectivity index (χ0n) is 7.47. The maximum absolute atomic E-state index is 10.4. The summed E-state index contributed by atoms with van der Waals surface area (Å²) < 4.78 is 1.98. The van der Waals surface area contributed by atoms with Crippen molar-refractivity contribution in [1.82, 2.24) is 5.32 Å². The third-order valence-corrected chi connectivity index (χ3v) is 3.78. The van der Waals surface area contributed by atoms with E-state index in [1.807, 2.05) is 6.07 Å². The highest BCUT2D eigenvalue weighted by molar-refractivity contribution is 14.1. The molecule has 0 aliphatic carbocycles. The maximum atomic E-state index is 10.4. The van der Waals surface area contributed by atoms with Gasteiger partial charge in [0, 0.05) is 13.7 Å². The number of halogens is 2. The molecule has 0 aliphatic rings. The van der Waals surface area contributed by atoms with Gasteiger partial charge >= 0.3 is 6.03 Å². The van der Waals surface area contributed by atoms with Gasteiger partial charge in [0.15, 0.2) is 0 Å². The maximum Gasteiger partial charge on any atom is 0.318 e. The van der Waals surface area contributed by atoms with Crippen molar-refractivity contribution in [2.75, 3.05) is 5.32 Å². The van der Waals surface area contributed by atoms with Crippen LogP contribution in [0.15, 0.2) is 22.7 Å². The van der Waals surface area contributed by atoms with E-state index in [2.05, 4.69) is 49.2 Å². The Balaban J connectivity index is 2.69. The molecule has 5 N–H and O–H groups in total. The second-order valence-corrected chi connectivity index (χ2v) is 4.63. The van der Waals surface area contributed by atoms with E-state index in [1.165, 1.54) is 0 Å². The molecule has 0 bridgehead atoms. The lowest BCUT2D eigenvalue weighted by atomic mass is 10.3. The summed E-state index contributed by atoms with van der Waals surface area (Å²) in [5.41, 5.74) is 5.56. The molecule has 2 amide bonds. The van der Waals surface area contributed by atoms with Gasteiger partial charge in [0.05, 0.1) is 0 Å². The van der Waals surface area contributed by atoms with Gasteiger partial charge in [0.2, 0.25) is 5.96 Å². The van der Waals surface area contributed by atoms with Crippen LogP contribution < -0.4 is 16.4 Å². The Hall–Kier alpha value is -0.830. The number of nitrogens with one attached hydrogen (secondary N) is 3. The number of anilines is 1. The second kappa shape index (κ2) is 5.31. The molecular weight excluding hydrogens is 375 g/mol. The van der Waals surface area contributed by atoms with E-state index in [1.54, 1.807) is 12.1 Å². The fourth-order valence-electron chi connectivity index (χ4n) is 0.873. The lowest BCUT2D eigenvalue weighted by Gasteiger charge is -2.08. The Bertz CT molecular complexity index is 410. The van der Waals surface area contributed by atoms with Crippen molar-refractivity contribution in [3.63, 3.8) is 0 Å². The number of nitrogens with two attached hydrogens (primary N) is 1. The summed E-state index contributed by atoms with van der Waals surface area (Å²) in [4.78, 5) is 10.4. The van der Waals surface area contributed by atoms with Gasteiger partial charge in [-0.2, -0.15) is 0 Å². The Labute approximate surface area is 109 Å². The quantitative estimate of drug-likeness (QED) is 0.340. The van der Waals surface area contributed by atoms with Crippen LogP contribution in [-0.4, -0.2) is 12.0 Å². The minimum Gasteiger partial charge on any atom is -0.351 e. The summed E-state index contributed by atoms with van der Waals surface area (Å²) >= 11 is 5.53. The van der Waals surface area contributed by atoms with Crippen LogP contribution in [0.4, 0.5) is 10.5 Å². The number of rotatable bonds is 1. The summed E-state index contributed by atoms with van der Waals surface area (Å²) in [6.07, 6.45) is 0. The lowest BCUT2D eigenvalue weighted by Crippen LogP contribution is -2.38. The SMILES string of the molecule is N=C(NC(N)=O)Nc1ccc(I)c(Br)c1. The number of benzene rings is 1. The third kappa shape index (κ3) is 4.04. The molecule has 1 rings (SSSR count). The van der Waals surface area contributed by atoms with Crippen molar-refractivity contribution in [2.24, 2.45) is 5.73 Å². The minimum atomic E-state index is -0.767. The van der Waals surface area contributed by atoms with Gasteiger partial charge in [0.1, 0.15) is 0 Å². The number of hydrogen-bond donors (Lipinski definition) is 4. The molecule has 5 nitrogen and oxygen atoms in total. The molecule has 80 valence electrons. The van der Waals surface area contributed by atoms with Crippen LogP contribution in [0.1, 0.15) is 0 Å². The van der Waals surface area contributed by atoms with E-state index in [-0.39, 0.29) is 5.96 Å². The number of hydrogen-bond acceptors (Lipinski definition) is 2. The topological polar surface area (TPSA) is 91.0 Å². The van der Waals surface area contributed by atoms with Crippen LogP contribution in [-0.2, 0) is 0 Å². The van der Waals surface area contributed by atoms with Crippen molar-refractivity contribution in [3.05, 3.63) is 26.2 Å². The number of carbonyl (C=O) groups excluding carboxylic acids is 1. The summed E-state index contributed by atoms with van der Waals surface area (Å²) in [6.45, 7) is 0. The normalized spacial score (nSPS) is 9.47. The molecule has 0 spiro atoms. The van der Waals surface area contributed by atoms with Gasteiger partial charge in [-0.25, -0.2) is 4.79 Å². The molecule has 0 fully saturated rings. The summed E-state index contributed by atoms with van der Waals surface area (Å²) in [6, 6.07) is 4.71. The van der Waals surface area contributed by atoms with E-state index in [0.29, 0.717) is 5.69 Å². The number of guanidine groups is 1. The van der Waals surface area contributed by atoms with E-state index in [9.17, 15) is 4.79 Å². The fourth-order valence-corrected chi connectivity index (χ4v) is 1.59. The summed E-state index contributed by atoms with van der Waals surface area (Å²) in [5, 5.41) is 12.1. The van der Waals surface area contributed by atoms with E-state index in [0.717, 1.165) is 8.04 Å². The Kier molecular flexibility index (Phi) is 4.33. The van der Waals surface area contributed by atoms with E-state index < -0.39 is 6.03 Å². The van der Waals surface area contributed by atoms with Crippen LogP contribution in [0.25, 0.3) is 0 Å². The molecule has 0 saturated carbocycles. The van der Waals surface area contributed by atoms with Crippen molar-refractivity contribution in [2.45, 2.75) is 0 Å². The monoisotopic (exact) mass is 382 g/mol. The van der Waals surface area contributed by atoms with Gasteiger partial charge in [-0.3, -0.25) is 10.7 Å². The van der Waals surface area contributed by atoms with Crippen molar-refractivity contribution >= 4 is 56.2 Å². The Morgan fingerprint density at radius 3 is 2.73 bits per heavy atom. The molecule has 0 heterocycles. The van der Waals surface area contributed by atoms with Crippen molar-refractivity contribution in [3.8, 4) is 0 Å². The van der Waals surface area contributed by atoms with Gasteiger partial charge in [-0.05, 0) is 56.7 Å². The Morgan fingerprint density at radius 2 is 2.20 bits per heavy atom. The molecular formula is C8H8BrIN4O. The number of amides is 2. The average Bonchev–Trinajstić information content (AvgIpc) is 2.10. The molecule has 0 unspecified atom stereocenters. The highest BCUT2D eigenvalue weighted by Crippen LogP contribution is 2.22. The molecule has 0 atom stereocenters. The van der Waals surface area contributed by atoms with Gasteiger partial charge in [0.25, 0.3) is 0 Å². The smallest absolute Gasteiger partial charge is 0.318 e. The number of carbonyl (C=O) groups is 1. The first-order valence-electron chi connectivity index (χ1n) is 3.86. The number of primary amides is 1. The molecule has 0 saturated heterocycles. The summed E-state index contributed by atoms with van der Waals surface area (Å²) in [5.74, 6) is -0.157. The molecule has 1 aromatic carbocycles. The minimum absolute atomic E-state index is 0.157. The molecule has 0 aromatic heterocycles. The highest BCUT2D eigenvalue weighted by atomic mass is 127. The first-order chi connectivity index (χ1) is 6.99. The van der Waals surface area contributed by atoms with Gasteiger partial charge in [-0.1, -0.05) is 0 Å². The number of urea groups is 1. The van der Waals surface area contributed by atoms with Crippen molar-refractivity contribution < 1.29 is 4.79 Å². The van der Waals surface area contributed by atoms with E-state index in [4.69, 9.17) is 11.1 Å². The van der Waals surface area contributed by atoms with E-state index >= 15 is 0 Å². The van der Waals surface area contributed by atoms with Crippen LogP contribution >= 0.6 is 38.5 Å². The molecule has 0 aliphatic heterocycles. The van der Waals surface area contributed by atoms with Crippen molar-refractivity contribution in [1.29, 1.82) is 5.41 Å². The molecule has 15 heavy (non-hydrogen) atoms. The van der Waals surface area contributed by atoms with Crippen LogP contribution in [0.2, 0.25) is 0 Å². The third-order valence-electron chi connectivity index (χ3n) is 1.44. The predicted octanol–water partition coefficient (Wildman–Crippen LogP) is 2.07. The van der Waals surface area contributed by atoms with Gasteiger partial charge in [-0.15, -0.1) is 0 Å². The zero-order valence-corrected chi connectivity index (χ0v) is 11.2. The standard InChI is InChI=1S/C8H8BrIN4O/c9-5-3-4(1-2-6(5)10)13-7(11)14-8(12)15/h1-3H,(H5,11,12,13,14,15). The van der Waals surface area contributed by atoms with Gasteiger partial charge < -0.3 is 11.1 Å². The first kappa shape index (κ1) is 12.2. The average molecular weight is 383 g/mol. The molecule has 0 radical (unpaired) electrons. The van der Waals surface area contributed by atoms with Crippen LogP contribution in [0.5, 0.6) is 0 Å². The predicted molar refractivity (Wildman–Crippen MR) is 70.9 cm³/mol. The zero-order chi connectivity index (χ0) is 11.4. The van der Waals surface area contributed by atoms with Crippen LogP contribution in [0.3, 0.4) is 0 Å². The summed E-state index contributed by atoms with van der Waals surface area (Å²) in [7, 11) is 0. The first-order valence-corrected chi connectivity index (χ1v) is 5.73. The highest BCUT2D eigenvalue weighted by Gasteiger charge is 2.02. The largest absolute Gasteiger partial charge is 0.351 e. The molecule has 7 heteroatoms. The fraction of sp³-hybridized carbons (Fsp3) is 0. The molecule has 1 aromatic rings. The van der Waals surface area contributed by atoms with Crippen LogP contribution in [0, 0.1) is 8.98 Å².